The molecule has 4 amide bonds. The van der Waals surface area contributed by atoms with Crippen LogP contribution in [0.3, 0.4) is 0 Å². The number of aryl methyl sites for hydroxylation is 1. The number of hydrogen-bond donors (Lipinski definition) is 1. The number of nitrogens with zero attached hydrogens (tertiary/aromatic N) is 1. The molecule has 1 fully saturated rings. The van der Waals surface area contributed by atoms with Gasteiger partial charge in [-0.3, -0.25) is 14.9 Å². The maximum atomic E-state index is 13.1. The van der Waals surface area contributed by atoms with Gasteiger partial charge in [0.05, 0.1) is 23.9 Å². The van der Waals surface area contributed by atoms with Gasteiger partial charge in [-0.25, -0.2) is 14.5 Å². The zero-order valence-corrected chi connectivity index (χ0v) is 20.4. The van der Waals surface area contributed by atoms with Crippen LogP contribution in [0.2, 0.25) is 0 Å². The number of amides is 4. The van der Waals surface area contributed by atoms with E-state index in [9.17, 15) is 19.2 Å². The van der Waals surface area contributed by atoms with Crippen LogP contribution in [0, 0.1) is 0 Å². The fraction of sp³-hybridized carbons (Fsp3) is 0.250. The van der Waals surface area contributed by atoms with Gasteiger partial charge in [0, 0.05) is 0 Å². The van der Waals surface area contributed by atoms with E-state index >= 15 is 0 Å². The highest BCUT2D eigenvalue weighted by Crippen LogP contribution is 2.38. The number of carbonyl (C=O) groups is 4. The van der Waals surface area contributed by atoms with Gasteiger partial charge in [0.15, 0.2) is 18.1 Å². The van der Waals surface area contributed by atoms with Crippen molar-refractivity contribution >= 4 is 51.5 Å². The van der Waals surface area contributed by atoms with Crippen molar-refractivity contribution in [2.75, 3.05) is 25.2 Å². The SMILES string of the molecule is CCOc1cc(/C=C2/C(=O)NC(=O)N(c3ccc(CC)cc3)C2=O)cc(Br)c1OCC(=O)OC. The van der Waals surface area contributed by atoms with E-state index in [0.717, 1.165) is 16.9 Å². The summed E-state index contributed by atoms with van der Waals surface area (Å²) in [6.07, 6.45) is 2.16. The summed E-state index contributed by atoms with van der Waals surface area (Å²) < 4.78 is 16.1. The summed E-state index contributed by atoms with van der Waals surface area (Å²) >= 11 is 3.37. The Hall–Kier alpha value is -3.66. The van der Waals surface area contributed by atoms with Gasteiger partial charge >= 0.3 is 12.0 Å². The van der Waals surface area contributed by atoms with Crippen molar-refractivity contribution in [3.63, 3.8) is 0 Å². The van der Waals surface area contributed by atoms with Crippen molar-refractivity contribution in [3.05, 3.63) is 57.6 Å². The first-order chi connectivity index (χ1) is 16.3. The van der Waals surface area contributed by atoms with E-state index in [0.29, 0.717) is 28.1 Å². The zero-order valence-electron chi connectivity index (χ0n) is 18.8. The molecule has 1 heterocycles. The van der Waals surface area contributed by atoms with Crippen LogP contribution in [0.4, 0.5) is 10.5 Å². The number of rotatable bonds is 8. The number of imide groups is 2. The first-order valence-corrected chi connectivity index (χ1v) is 11.2. The van der Waals surface area contributed by atoms with E-state index in [1.807, 2.05) is 19.1 Å². The Morgan fingerprint density at radius 2 is 1.79 bits per heavy atom. The van der Waals surface area contributed by atoms with Crippen LogP contribution < -0.4 is 19.7 Å². The van der Waals surface area contributed by atoms with Crippen molar-refractivity contribution in [2.24, 2.45) is 0 Å². The maximum Gasteiger partial charge on any atom is 0.343 e. The number of ether oxygens (including phenoxy) is 3. The molecule has 1 aliphatic heterocycles. The van der Waals surface area contributed by atoms with Crippen molar-refractivity contribution in [1.29, 1.82) is 0 Å². The molecule has 9 nitrogen and oxygen atoms in total. The highest BCUT2D eigenvalue weighted by molar-refractivity contribution is 9.10. The van der Waals surface area contributed by atoms with E-state index in [4.69, 9.17) is 9.47 Å². The molecule has 0 unspecified atom stereocenters. The number of methoxy groups -OCH3 is 1. The molecule has 0 radical (unpaired) electrons. The summed E-state index contributed by atoms with van der Waals surface area (Å²) in [5, 5.41) is 2.20. The molecular weight excluding hydrogens is 508 g/mol. The highest BCUT2D eigenvalue weighted by atomic mass is 79.9. The highest BCUT2D eigenvalue weighted by Gasteiger charge is 2.36. The Morgan fingerprint density at radius 1 is 1.09 bits per heavy atom. The van der Waals surface area contributed by atoms with Crippen molar-refractivity contribution in [3.8, 4) is 11.5 Å². The van der Waals surface area contributed by atoms with Crippen LogP contribution in [0.25, 0.3) is 6.08 Å². The number of carbonyl (C=O) groups excluding carboxylic acids is 4. The molecule has 0 aromatic heterocycles. The number of halogens is 1. The Bertz CT molecular complexity index is 1160. The smallest absolute Gasteiger partial charge is 0.343 e. The summed E-state index contributed by atoms with van der Waals surface area (Å²) in [5.41, 5.74) is 1.61. The molecule has 0 atom stereocenters. The predicted octanol–water partition coefficient (Wildman–Crippen LogP) is 3.63. The molecule has 0 spiro atoms. The lowest BCUT2D eigenvalue weighted by Gasteiger charge is -2.26. The van der Waals surface area contributed by atoms with Crippen LogP contribution in [-0.4, -0.2) is 44.1 Å². The molecule has 2 aromatic carbocycles. The number of hydrogen-bond acceptors (Lipinski definition) is 7. The first-order valence-electron chi connectivity index (χ1n) is 10.4. The molecule has 0 aliphatic carbocycles. The average Bonchev–Trinajstić information content (AvgIpc) is 2.81. The number of benzene rings is 2. The quantitative estimate of drug-likeness (QED) is 0.315. The Morgan fingerprint density at radius 3 is 2.41 bits per heavy atom. The third kappa shape index (κ3) is 5.45. The van der Waals surface area contributed by atoms with Gasteiger partial charge in [-0.05, 0) is 70.7 Å². The fourth-order valence-electron chi connectivity index (χ4n) is 3.20. The van der Waals surface area contributed by atoms with E-state index in [-0.39, 0.29) is 17.9 Å². The Labute approximate surface area is 204 Å². The summed E-state index contributed by atoms with van der Waals surface area (Å²) in [6, 6.07) is 9.27. The molecule has 2 aromatic rings. The Kier molecular flexibility index (Phi) is 8.06. The van der Waals surface area contributed by atoms with Crippen LogP contribution in [-0.2, 0) is 25.5 Å². The van der Waals surface area contributed by atoms with E-state index in [2.05, 4.69) is 26.0 Å². The monoisotopic (exact) mass is 530 g/mol. The normalized spacial score (nSPS) is 14.8. The minimum absolute atomic E-state index is 0.225. The molecule has 34 heavy (non-hydrogen) atoms. The average molecular weight is 531 g/mol. The Balaban J connectivity index is 1.97. The molecule has 1 aliphatic rings. The summed E-state index contributed by atoms with van der Waals surface area (Å²) in [7, 11) is 1.25. The second kappa shape index (κ2) is 11.0. The van der Waals surface area contributed by atoms with Gasteiger partial charge in [0.1, 0.15) is 5.57 Å². The number of barbiturate groups is 1. The number of anilines is 1. The van der Waals surface area contributed by atoms with Crippen molar-refractivity contribution < 1.29 is 33.4 Å². The molecule has 1 N–H and O–H groups in total. The van der Waals surface area contributed by atoms with E-state index in [1.165, 1.54) is 13.2 Å². The van der Waals surface area contributed by atoms with Crippen LogP contribution in [0.15, 0.2) is 46.4 Å². The number of urea groups is 1. The fourth-order valence-corrected chi connectivity index (χ4v) is 3.78. The lowest BCUT2D eigenvalue weighted by Crippen LogP contribution is -2.54. The minimum Gasteiger partial charge on any atom is -0.490 e. The van der Waals surface area contributed by atoms with Crippen LogP contribution >= 0.6 is 15.9 Å². The number of esters is 1. The molecule has 178 valence electrons. The summed E-state index contributed by atoms with van der Waals surface area (Å²) in [4.78, 5) is 50.4. The maximum absolute atomic E-state index is 13.1. The minimum atomic E-state index is -0.820. The van der Waals surface area contributed by atoms with Crippen LogP contribution in [0.5, 0.6) is 11.5 Å². The lowest BCUT2D eigenvalue weighted by molar-refractivity contribution is -0.143. The van der Waals surface area contributed by atoms with Crippen molar-refractivity contribution in [1.82, 2.24) is 5.32 Å². The van der Waals surface area contributed by atoms with Crippen LogP contribution in [0.1, 0.15) is 25.0 Å². The molecular formula is C24H23BrN2O7. The third-order valence-electron chi connectivity index (χ3n) is 4.91. The van der Waals surface area contributed by atoms with E-state index in [1.54, 1.807) is 31.2 Å². The topological polar surface area (TPSA) is 111 Å². The van der Waals surface area contributed by atoms with E-state index < -0.39 is 23.8 Å². The molecule has 3 rings (SSSR count). The van der Waals surface area contributed by atoms with Gasteiger partial charge in [0.25, 0.3) is 11.8 Å². The largest absolute Gasteiger partial charge is 0.490 e. The third-order valence-corrected chi connectivity index (χ3v) is 5.50. The van der Waals surface area contributed by atoms with Gasteiger partial charge in [0.2, 0.25) is 0 Å². The zero-order chi connectivity index (χ0) is 24.8. The predicted molar refractivity (Wildman–Crippen MR) is 128 cm³/mol. The van der Waals surface area contributed by atoms with Gasteiger partial charge < -0.3 is 14.2 Å². The second-order valence-electron chi connectivity index (χ2n) is 7.11. The molecule has 1 saturated heterocycles. The van der Waals surface area contributed by atoms with Gasteiger partial charge in [-0.2, -0.15) is 0 Å². The van der Waals surface area contributed by atoms with Gasteiger partial charge in [-0.1, -0.05) is 19.1 Å². The second-order valence-corrected chi connectivity index (χ2v) is 7.96. The molecule has 0 bridgehead atoms. The summed E-state index contributed by atoms with van der Waals surface area (Å²) in [6.45, 7) is 3.74. The molecule has 0 saturated carbocycles. The number of nitrogens with one attached hydrogen (secondary N) is 1. The standard InChI is InChI=1S/C24H23BrN2O7/c1-4-14-6-8-16(9-7-14)27-23(30)17(22(29)26-24(27)31)10-15-11-18(25)21(19(12-15)33-5-2)34-13-20(28)32-3/h6-12H,4-5,13H2,1-3H3,(H,26,29,31)/b17-10-. The molecule has 10 heteroatoms. The van der Waals surface area contributed by atoms with Gasteiger partial charge in [-0.15, -0.1) is 0 Å². The first kappa shape index (κ1) is 25.0. The summed E-state index contributed by atoms with van der Waals surface area (Å²) in [5.74, 6) is -1.57. The van der Waals surface area contributed by atoms with Crippen molar-refractivity contribution in [2.45, 2.75) is 20.3 Å². The lowest BCUT2D eigenvalue weighted by atomic mass is 10.1.